The number of ether oxygens (including phenoxy) is 3. The summed E-state index contributed by atoms with van der Waals surface area (Å²) >= 11 is 0. The number of hydrogen-bond donors (Lipinski definition) is 3. The highest BCUT2D eigenvalue weighted by Gasteiger charge is 2.21. The molecular formula is C39H42N2O8. The molecule has 0 bridgehead atoms. The molecular weight excluding hydrogens is 624 g/mol. The van der Waals surface area contributed by atoms with Gasteiger partial charge in [0.05, 0.1) is 25.7 Å². The van der Waals surface area contributed by atoms with E-state index >= 15 is 0 Å². The summed E-state index contributed by atoms with van der Waals surface area (Å²) in [7, 11) is 1.57. The van der Waals surface area contributed by atoms with Gasteiger partial charge in [0.15, 0.2) is 0 Å². The molecule has 0 unspecified atom stereocenters. The molecule has 4 aromatic rings. The van der Waals surface area contributed by atoms with Crippen molar-refractivity contribution in [1.29, 1.82) is 0 Å². The minimum atomic E-state index is -1.21. The summed E-state index contributed by atoms with van der Waals surface area (Å²) in [5.74, 6) is -0.833. The first-order chi connectivity index (χ1) is 23.7. The van der Waals surface area contributed by atoms with Crippen LogP contribution in [-0.4, -0.2) is 48.6 Å². The summed E-state index contributed by atoms with van der Waals surface area (Å²) in [6.45, 7) is 2.81. The minimum Gasteiger partial charge on any atom is -0.497 e. The smallest absolute Gasteiger partial charge is 0.343 e. The van der Waals surface area contributed by atoms with Gasteiger partial charge in [-0.3, -0.25) is 9.59 Å². The van der Waals surface area contributed by atoms with Gasteiger partial charge in [-0.15, -0.1) is 0 Å². The Labute approximate surface area is 286 Å². The Balaban J connectivity index is 1.24. The maximum atomic E-state index is 12.9. The Morgan fingerprint density at radius 2 is 1.29 bits per heavy atom. The quantitative estimate of drug-likeness (QED) is 0.0594. The molecule has 2 amide bonds. The number of nitrogens with one attached hydrogen (secondary N) is 2. The largest absolute Gasteiger partial charge is 0.497 e. The van der Waals surface area contributed by atoms with E-state index in [1.807, 2.05) is 12.1 Å². The molecule has 0 saturated carbocycles. The van der Waals surface area contributed by atoms with Gasteiger partial charge in [-0.05, 0) is 90.3 Å². The molecule has 0 aliphatic rings. The van der Waals surface area contributed by atoms with Crippen LogP contribution in [0.25, 0.3) is 0 Å². The van der Waals surface area contributed by atoms with Crippen molar-refractivity contribution in [3.63, 3.8) is 0 Å². The highest BCUT2D eigenvalue weighted by atomic mass is 16.5. The third-order valence-electron chi connectivity index (χ3n) is 7.74. The van der Waals surface area contributed by atoms with Gasteiger partial charge in [-0.25, -0.2) is 9.59 Å². The zero-order valence-corrected chi connectivity index (χ0v) is 27.8. The minimum absolute atomic E-state index is 0.00880. The third-order valence-corrected chi connectivity index (χ3v) is 7.74. The van der Waals surface area contributed by atoms with Crippen molar-refractivity contribution >= 4 is 29.4 Å². The maximum Gasteiger partial charge on any atom is 0.343 e. The van der Waals surface area contributed by atoms with Crippen LogP contribution in [0.3, 0.4) is 0 Å². The molecule has 0 aromatic heterocycles. The van der Waals surface area contributed by atoms with Gasteiger partial charge in [0, 0.05) is 17.7 Å². The molecule has 0 heterocycles. The predicted octanol–water partition coefficient (Wildman–Crippen LogP) is 6.87. The van der Waals surface area contributed by atoms with Crippen molar-refractivity contribution < 1.29 is 38.5 Å². The van der Waals surface area contributed by atoms with Crippen molar-refractivity contribution in [1.82, 2.24) is 5.32 Å². The third kappa shape index (κ3) is 11.8. The second kappa shape index (κ2) is 18.6. The Morgan fingerprint density at radius 1 is 0.694 bits per heavy atom. The van der Waals surface area contributed by atoms with E-state index in [0.717, 1.165) is 18.4 Å². The number of aliphatic carboxylic acids is 1. The molecule has 3 N–H and O–H groups in total. The highest BCUT2D eigenvalue weighted by molar-refractivity contribution is 5.98. The number of hydrogen-bond acceptors (Lipinski definition) is 7. The number of rotatable bonds is 18. The van der Waals surface area contributed by atoms with E-state index < -0.39 is 23.9 Å². The molecule has 0 spiro atoms. The van der Waals surface area contributed by atoms with Crippen LogP contribution >= 0.6 is 0 Å². The van der Waals surface area contributed by atoms with E-state index in [4.69, 9.17) is 14.2 Å². The van der Waals surface area contributed by atoms with Gasteiger partial charge in [-0.2, -0.15) is 0 Å². The van der Waals surface area contributed by atoms with Gasteiger partial charge in [-0.1, -0.05) is 56.9 Å². The number of amides is 2. The van der Waals surface area contributed by atoms with Gasteiger partial charge < -0.3 is 30.0 Å². The van der Waals surface area contributed by atoms with Gasteiger partial charge in [0.25, 0.3) is 5.91 Å². The zero-order valence-electron chi connectivity index (χ0n) is 27.8. The summed E-state index contributed by atoms with van der Waals surface area (Å²) in [5, 5.41) is 15.1. The van der Waals surface area contributed by atoms with E-state index in [2.05, 4.69) is 17.6 Å². The van der Waals surface area contributed by atoms with E-state index in [1.165, 1.54) is 31.4 Å². The number of carbonyl (C=O) groups is 4. The SMILES string of the molecule is CCCCCCCOc1ccc(C(=O)Oc2ccc(C[C@H](NC(=O)c3ccc(NC(=O)Cc4ccc(OC)cc4)cc3)C(=O)O)cc2)cc1. The maximum absolute atomic E-state index is 12.9. The van der Waals surface area contributed by atoms with E-state index in [9.17, 15) is 24.3 Å². The van der Waals surface area contributed by atoms with Crippen molar-refractivity contribution in [3.05, 3.63) is 119 Å². The van der Waals surface area contributed by atoms with Crippen LogP contribution in [0.15, 0.2) is 97.1 Å². The molecule has 49 heavy (non-hydrogen) atoms. The molecule has 0 saturated heterocycles. The number of benzene rings is 4. The average molecular weight is 667 g/mol. The predicted molar refractivity (Wildman–Crippen MR) is 186 cm³/mol. The first-order valence-electron chi connectivity index (χ1n) is 16.3. The van der Waals surface area contributed by atoms with Crippen molar-refractivity contribution in [3.8, 4) is 17.2 Å². The van der Waals surface area contributed by atoms with E-state index in [1.54, 1.807) is 79.9 Å². The topological polar surface area (TPSA) is 140 Å². The Kier molecular flexibility index (Phi) is 13.8. The van der Waals surface area contributed by atoms with Crippen LogP contribution in [0.1, 0.15) is 70.9 Å². The summed E-state index contributed by atoms with van der Waals surface area (Å²) in [6.07, 6.45) is 5.93. The number of carbonyl (C=O) groups excluding carboxylic acids is 3. The lowest BCUT2D eigenvalue weighted by Gasteiger charge is -2.15. The second-order valence-electron chi connectivity index (χ2n) is 11.5. The fraction of sp³-hybridized carbons (Fsp3) is 0.282. The van der Waals surface area contributed by atoms with Crippen LogP contribution in [0, 0.1) is 0 Å². The molecule has 0 aliphatic carbocycles. The van der Waals surface area contributed by atoms with E-state index in [0.29, 0.717) is 40.7 Å². The van der Waals surface area contributed by atoms with Crippen molar-refractivity contribution in [2.24, 2.45) is 0 Å². The molecule has 1 atom stereocenters. The molecule has 10 nitrogen and oxygen atoms in total. The van der Waals surface area contributed by atoms with Crippen molar-refractivity contribution in [2.45, 2.75) is 57.9 Å². The van der Waals surface area contributed by atoms with Crippen LogP contribution in [0.2, 0.25) is 0 Å². The van der Waals surface area contributed by atoms with Crippen LogP contribution in [-0.2, 0) is 22.4 Å². The molecule has 4 aromatic carbocycles. The molecule has 10 heteroatoms. The molecule has 0 fully saturated rings. The normalized spacial score (nSPS) is 11.2. The summed E-state index contributed by atoms with van der Waals surface area (Å²) in [6, 6.07) is 25.4. The standard InChI is InChI=1S/C39H42N2O8/c1-3-4-5-6-7-24-48-33-22-14-30(15-23-33)39(46)49-34-20-10-27(11-21-34)25-35(38(44)45)41-37(43)29-12-16-31(17-13-29)40-36(42)26-28-8-18-32(47-2)19-9-28/h8-23,35H,3-7,24-26H2,1-2H3,(H,40,42)(H,41,43)(H,44,45)/t35-/m0/s1. The van der Waals surface area contributed by atoms with Crippen molar-refractivity contribution in [2.75, 3.05) is 19.0 Å². The molecule has 0 aliphatic heterocycles. The zero-order chi connectivity index (χ0) is 35.0. The molecule has 256 valence electrons. The average Bonchev–Trinajstić information content (AvgIpc) is 3.11. The fourth-order valence-corrected chi connectivity index (χ4v) is 4.96. The highest BCUT2D eigenvalue weighted by Crippen LogP contribution is 2.19. The number of anilines is 1. The lowest BCUT2D eigenvalue weighted by molar-refractivity contribution is -0.139. The summed E-state index contributed by atoms with van der Waals surface area (Å²) < 4.78 is 16.4. The Morgan fingerprint density at radius 3 is 1.92 bits per heavy atom. The molecule has 0 radical (unpaired) electrons. The number of carboxylic acids is 1. The summed E-state index contributed by atoms with van der Waals surface area (Å²) in [4.78, 5) is 50.0. The monoisotopic (exact) mass is 666 g/mol. The second-order valence-corrected chi connectivity index (χ2v) is 11.5. The van der Waals surface area contributed by atoms with Crippen LogP contribution < -0.4 is 24.8 Å². The fourth-order valence-electron chi connectivity index (χ4n) is 4.96. The first kappa shape index (κ1) is 36.2. The van der Waals surface area contributed by atoms with Crippen LogP contribution in [0.5, 0.6) is 17.2 Å². The number of esters is 1. The van der Waals surface area contributed by atoms with Crippen LogP contribution in [0.4, 0.5) is 5.69 Å². The number of methoxy groups -OCH3 is 1. The number of carboxylic acid groups (broad SMARTS) is 1. The summed E-state index contributed by atoms with van der Waals surface area (Å²) in [5.41, 5.74) is 2.56. The Hall–Kier alpha value is -5.64. The van der Waals surface area contributed by atoms with E-state index in [-0.39, 0.29) is 24.3 Å². The van der Waals surface area contributed by atoms with Gasteiger partial charge in [0.1, 0.15) is 23.3 Å². The van der Waals surface area contributed by atoms with Gasteiger partial charge in [0.2, 0.25) is 5.91 Å². The lowest BCUT2D eigenvalue weighted by Crippen LogP contribution is -2.42. The number of unbranched alkanes of at least 4 members (excludes halogenated alkanes) is 4. The first-order valence-corrected chi connectivity index (χ1v) is 16.3. The lowest BCUT2D eigenvalue weighted by atomic mass is 10.0. The Bertz CT molecular complexity index is 1670. The molecule has 4 rings (SSSR count). The van der Waals surface area contributed by atoms with Gasteiger partial charge >= 0.3 is 11.9 Å².